The van der Waals surface area contributed by atoms with Crippen LogP contribution in [0.25, 0.3) is 0 Å². The van der Waals surface area contributed by atoms with Gasteiger partial charge < -0.3 is 5.32 Å². The Hall–Kier alpha value is 0.140. The third kappa shape index (κ3) is 3.31. The number of nitrogens with one attached hydrogen (secondary N) is 1. The molecule has 1 aliphatic carbocycles. The Morgan fingerprint density at radius 2 is 2.19 bits per heavy atom. The first kappa shape index (κ1) is 12.6. The lowest BCUT2D eigenvalue weighted by atomic mass is 9.98. The summed E-state index contributed by atoms with van der Waals surface area (Å²) < 4.78 is 1.24. The first-order valence-corrected chi connectivity index (χ1v) is 7.83. The lowest BCUT2D eigenvalue weighted by Gasteiger charge is -2.16. The van der Waals surface area contributed by atoms with E-state index in [9.17, 15) is 0 Å². The molecule has 90 valence electrons. The molecule has 1 saturated carbocycles. The van der Waals surface area contributed by atoms with E-state index >= 15 is 0 Å². The van der Waals surface area contributed by atoms with E-state index in [0.29, 0.717) is 6.04 Å². The van der Waals surface area contributed by atoms with E-state index in [1.165, 1.54) is 47.2 Å². The molecule has 0 radical (unpaired) electrons. The van der Waals surface area contributed by atoms with Crippen LogP contribution in [0.3, 0.4) is 0 Å². The third-order valence-corrected chi connectivity index (χ3v) is 5.36. The molecule has 1 atom stereocenters. The fourth-order valence-corrected chi connectivity index (χ4v) is 4.21. The quantitative estimate of drug-likeness (QED) is 0.828. The molecule has 0 spiro atoms. The molecule has 1 unspecified atom stereocenters. The van der Waals surface area contributed by atoms with E-state index in [1.54, 1.807) is 0 Å². The van der Waals surface area contributed by atoms with E-state index in [2.05, 4.69) is 40.4 Å². The maximum atomic E-state index is 3.54. The number of rotatable bonds is 5. The second-order valence-electron chi connectivity index (χ2n) is 4.71. The number of hydrogen-bond donors (Lipinski definition) is 1. The van der Waals surface area contributed by atoms with Gasteiger partial charge in [0.15, 0.2) is 0 Å². The predicted molar refractivity (Wildman–Crippen MR) is 75.0 cm³/mol. The van der Waals surface area contributed by atoms with Crippen LogP contribution < -0.4 is 5.32 Å². The van der Waals surface area contributed by atoms with Gasteiger partial charge in [0.25, 0.3) is 0 Å². The van der Waals surface area contributed by atoms with Crippen molar-refractivity contribution in [2.75, 3.05) is 7.05 Å². The fourth-order valence-electron chi connectivity index (χ4n) is 2.65. The minimum Gasteiger partial charge on any atom is -0.312 e. The van der Waals surface area contributed by atoms with Crippen molar-refractivity contribution in [2.24, 2.45) is 5.92 Å². The van der Waals surface area contributed by atoms with Crippen molar-refractivity contribution in [2.45, 2.75) is 44.6 Å². The van der Waals surface area contributed by atoms with Gasteiger partial charge in [-0.15, -0.1) is 11.3 Å². The zero-order valence-corrected chi connectivity index (χ0v) is 12.2. The molecular weight excluding hydrogens is 282 g/mol. The summed E-state index contributed by atoms with van der Waals surface area (Å²) in [7, 11) is 2.08. The van der Waals surface area contributed by atoms with Gasteiger partial charge >= 0.3 is 0 Å². The van der Waals surface area contributed by atoms with Gasteiger partial charge in [-0.3, -0.25) is 0 Å². The molecular formula is C13H20BrNS. The highest BCUT2D eigenvalue weighted by atomic mass is 79.9. The van der Waals surface area contributed by atoms with E-state index in [0.717, 1.165) is 5.92 Å². The molecule has 1 aromatic heterocycles. The lowest BCUT2D eigenvalue weighted by molar-refractivity contribution is 0.430. The molecule has 2 rings (SSSR count). The third-order valence-electron chi connectivity index (χ3n) is 3.62. The van der Waals surface area contributed by atoms with Gasteiger partial charge in [0, 0.05) is 10.9 Å². The molecule has 0 aromatic carbocycles. The maximum Gasteiger partial charge on any atom is 0.0701 e. The van der Waals surface area contributed by atoms with Crippen molar-refractivity contribution in [3.8, 4) is 0 Å². The number of thiophene rings is 1. The van der Waals surface area contributed by atoms with E-state index in [4.69, 9.17) is 0 Å². The molecule has 1 aliphatic rings. The van der Waals surface area contributed by atoms with E-state index in [-0.39, 0.29) is 0 Å². The second kappa shape index (κ2) is 6.18. The lowest BCUT2D eigenvalue weighted by Crippen LogP contribution is -2.16. The molecule has 3 heteroatoms. The molecule has 0 bridgehead atoms. The monoisotopic (exact) mass is 301 g/mol. The van der Waals surface area contributed by atoms with Gasteiger partial charge in [0.2, 0.25) is 0 Å². The summed E-state index contributed by atoms with van der Waals surface area (Å²) in [5, 5.41) is 3.45. The van der Waals surface area contributed by atoms with Crippen molar-refractivity contribution < 1.29 is 0 Å². The first-order valence-electron chi connectivity index (χ1n) is 6.22. The Balaban J connectivity index is 1.85. The van der Waals surface area contributed by atoms with Crippen LogP contribution >= 0.6 is 27.3 Å². The summed E-state index contributed by atoms with van der Waals surface area (Å²) in [6.07, 6.45) is 8.52. The first-order chi connectivity index (χ1) is 7.79. The molecule has 1 heterocycles. The molecule has 1 nitrogen and oxygen atoms in total. The summed E-state index contributed by atoms with van der Waals surface area (Å²) in [5.41, 5.74) is 0. The standard InChI is InChI=1S/C13H20BrNS/c1-15-11(12-8-9-13(14)16-12)7-6-10-4-2-3-5-10/h8-11,15H,2-7H2,1H3. The second-order valence-corrected chi connectivity index (χ2v) is 7.21. The van der Waals surface area contributed by atoms with Crippen LogP contribution in [0.1, 0.15) is 49.4 Å². The van der Waals surface area contributed by atoms with E-state index in [1.807, 2.05) is 11.3 Å². The van der Waals surface area contributed by atoms with Crippen LogP contribution in [0, 0.1) is 5.92 Å². The smallest absolute Gasteiger partial charge is 0.0701 e. The van der Waals surface area contributed by atoms with Crippen LogP contribution in [0.5, 0.6) is 0 Å². The zero-order chi connectivity index (χ0) is 11.4. The summed E-state index contributed by atoms with van der Waals surface area (Å²) in [6.45, 7) is 0. The van der Waals surface area contributed by atoms with E-state index < -0.39 is 0 Å². The summed E-state index contributed by atoms with van der Waals surface area (Å²) >= 11 is 5.39. The highest BCUT2D eigenvalue weighted by Crippen LogP contribution is 2.34. The van der Waals surface area contributed by atoms with Gasteiger partial charge in [-0.1, -0.05) is 25.7 Å². The summed E-state index contributed by atoms with van der Waals surface area (Å²) in [6, 6.07) is 4.95. The Bertz CT molecular complexity index is 317. The normalized spacial score (nSPS) is 19.1. The fraction of sp³-hybridized carbons (Fsp3) is 0.692. The Morgan fingerprint density at radius 3 is 2.75 bits per heavy atom. The van der Waals surface area contributed by atoms with Gasteiger partial charge in [-0.25, -0.2) is 0 Å². The van der Waals surface area contributed by atoms with Crippen LogP contribution in [0.2, 0.25) is 0 Å². The van der Waals surface area contributed by atoms with Gasteiger partial charge in [0.1, 0.15) is 0 Å². The topological polar surface area (TPSA) is 12.0 Å². The molecule has 0 amide bonds. The molecule has 1 aromatic rings. The molecule has 1 fully saturated rings. The van der Waals surface area contributed by atoms with Gasteiger partial charge in [-0.05, 0) is 53.9 Å². The van der Waals surface area contributed by atoms with Crippen molar-refractivity contribution in [1.82, 2.24) is 5.32 Å². The van der Waals surface area contributed by atoms with Crippen molar-refractivity contribution in [3.63, 3.8) is 0 Å². The van der Waals surface area contributed by atoms with Crippen LogP contribution in [-0.4, -0.2) is 7.05 Å². The van der Waals surface area contributed by atoms with Gasteiger partial charge in [-0.2, -0.15) is 0 Å². The molecule has 0 saturated heterocycles. The van der Waals surface area contributed by atoms with Crippen molar-refractivity contribution in [1.29, 1.82) is 0 Å². The average Bonchev–Trinajstić information content (AvgIpc) is 2.91. The van der Waals surface area contributed by atoms with Crippen LogP contribution in [0.4, 0.5) is 0 Å². The zero-order valence-electron chi connectivity index (χ0n) is 9.84. The summed E-state index contributed by atoms with van der Waals surface area (Å²) in [5.74, 6) is 0.999. The predicted octanol–water partition coefficient (Wildman–Crippen LogP) is 4.74. The minimum absolute atomic E-state index is 0.553. The molecule has 0 aliphatic heterocycles. The Kier molecular flexibility index (Phi) is 4.86. The SMILES string of the molecule is CNC(CCC1CCCC1)c1ccc(Br)s1. The highest BCUT2D eigenvalue weighted by Gasteiger charge is 2.18. The summed E-state index contributed by atoms with van der Waals surface area (Å²) in [4.78, 5) is 1.47. The van der Waals surface area contributed by atoms with Crippen LogP contribution in [-0.2, 0) is 0 Å². The van der Waals surface area contributed by atoms with Gasteiger partial charge in [0.05, 0.1) is 3.79 Å². The Labute approximate surface area is 111 Å². The minimum atomic E-state index is 0.553. The number of hydrogen-bond acceptors (Lipinski definition) is 2. The van der Waals surface area contributed by atoms with Crippen LogP contribution in [0.15, 0.2) is 15.9 Å². The Morgan fingerprint density at radius 1 is 1.44 bits per heavy atom. The highest BCUT2D eigenvalue weighted by molar-refractivity contribution is 9.11. The van der Waals surface area contributed by atoms with Crippen molar-refractivity contribution in [3.05, 3.63) is 20.8 Å². The number of halogens is 1. The molecule has 1 N–H and O–H groups in total. The average molecular weight is 302 g/mol. The maximum absolute atomic E-state index is 3.54. The largest absolute Gasteiger partial charge is 0.312 e. The van der Waals surface area contributed by atoms with Crippen molar-refractivity contribution >= 4 is 27.3 Å². The molecule has 16 heavy (non-hydrogen) atoms.